The number of likely N-dealkylation sites (N-methyl/N-ethyl adjacent to an activating group) is 1. The van der Waals surface area contributed by atoms with Crippen molar-refractivity contribution < 1.29 is 9.90 Å². The second-order valence-electron chi connectivity index (χ2n) is 6.39. The van der Waals surface area contributed by atoms with Gasteiger partial charge in [0.25, 0.3) is 0 Å². The van der Waals surface area contributed by atoms with Crippen LogP contribution in [0, 0.1) is 11.3 Å². The SMILES string of the molecule is CCNC(CCN1CCC(C(C)(C)C)C1)C(=O)O. The molecule has 1 aliphatic rings. The highest BCUT2D eigenvalue weighted by atomic mass is 16.4. The van der Waals surface area contributed by atoms with Crippen molar-refractivity contribution in [1.29, 1.82) is 0 Å². The highest BCUT2D eigenvalue weighted by Crippen LogP contribution is 2.33. The topological polar surface area (TPSA) is 52.6 Å². The fraction of sp³-hybridized carbons (Fsp3) is 0.929. The van der Waals surface area contributed by atoms with E-state index in [1.165, 1.54) is 6.42 Å². The Morgan fingerprint density at radius 3 is 2.61 bits per heavy atom. The first kappa shape index (κ1) is 15.4. The Hall–Kier alpha value is -0.610. The third kappa shape index (κ3) is 4.58. The van der Waals surface area contributed by atoms with Gasteiger partial charge in [-0.3, -0.25) is 4.79 Å². The maximum atomic E-state index is 11.0. The van der Waals surface area contributed by atoms with E-state index in [2.05, 4.69) is 31.0 Å². The van der Waals surface area contributed by atoms with Gasteiger partial charge in [0.2, 0.25) is 0 Å². The first-order chi connectivity index (χ1) is 8.34. The minimum atomic E-state index is -0.733. The highest BCUT2D eigenvalue weighted by Gasteiger charge is 2.31. The Bertz CT molecular complexity index is 273. The van der Waals surface area contributed by atoms with Gasteiger partial charge in [-0.2, -0.15) is 0 Å². The van der Waals surface area contributed by atoms with E-state index in [4.69, 9.17) is 5.11 Å². The van der Waals surface area contributed by atoms with Crippen LogP contribution >= 0.6 is 0 Å². The van der Waals surface area contributed by atoms with Gasteiger partial charge in [0.1, 0.15) is 6.04 Å². The molecule has 2 N–H and O–H groups in total. The molecule has 0 spiro atoms. The molecule has 0 aliphatic carbocycles. The minimum Gasteiger partial charge on any atom is -0.480 e. The molecule has 0 radical (unpaired) electrons. The predicted octanol–water partition coefficient (Wildman–Crippen LogP) is 1.81. The van der Waals surface area contributed by atoms with E-state index in [1.807, 2.05) is 6.92 Å². The van der Waals surface area contributed by atoms with Gasteiger partial charge in [-0.15, -0.1) is 0 Å². The lowest BCUT2D eigenvalue weighted by Gasteiger charge is -2.27. The fourth-order valence-corrected chi connectivity index (χ4v) is 2.61. The summed E-state index contributed by atoms with van der Waals surface area (Å²) in [6, 6.07) is -0.399. The Morgan fingerprint density at radius 1 is 1.50 bits per heavy atom. The standard InChI is InChI=1S/C14H28N2O2/c1-5-15-12(13(17)18)7-9-16-8-6-11(10-16)14(2,3)4/h11-12,15H,5-10H2,1-4H3,(H,17,18). The molecule has 0 aromatic heterocycles. The summed E-state index contributed by atoms with van der Waals surface area (Å²) in [6.45, 7) is 12.6. The monoisotopic (exact) mass is 256 g/mol. The lowest BCUT2D eigenvalue weighted by molar-refractivity contribution is -0.139. The second kappa shape index (κ2) is 6.53. The summed E-state index contributed by atoms with van der Waals surface area (Å²) in [7, 11) is 0. The number of nitrogens with one attached hydrogen (secondary N) is 1. The van der Waals surface area contributed by atoms with Crippen molar-refractivity contribution in [2.45, 2.75) is 46.6 Å². The zero-order chi connectivity index (χ0) is 13.8. The molecule has 18 heavy (non-hydrogen) atoms. The first-order valence-corrected chi connectivity index (χ1v) is 7.03. The molecular formula is C14H28N2O2. The summed E-state index contributed by atoms with van der Waals surface area (Å²) in [4.78, 5) is 13.4. The molecule has 2 atom stereocenters. The lowest BCUT2D eigenvalue weighted by Crippen LogP contribution is -2.39. The van der Waals surface area contributed by atoms with Crippen LogP contribution in [0.15, 0.2) is 0 Å². The number of rotatable bonds is 6. The summed E-state index contributed by atoms with van der Waals surface area (Å²) >= 11 is 0. The van der Waals surface area contributed by atoms with E-state index in [0.717, 1.165) is 25.6 Å². The molecule has 1 saturated heterocycles. The van der Waals surface area contributed by atoms with Gasteiger partial charge in [0.15, 0.2) is 0 Å². The van der Waals surface area contributed by atoms with Crippen molar-refractivity contribution in [3.05, 3.63) is 0 Å². The van der Waals surface area contributed by atoms with Crippen molar-refractivity contribution in [2.24, 2.45) is 11.3 Å². The van der Waals surface area contributed by atoms with E-state index >= 15 is 0 Å². The molecule has 0 saturated carbocycles. The van der Waals surface area contributed by atoms with Gasteiger partial charge in [-0.25, -0.2) is 0 Å². The Morgan fingerprint density at radius 2 is 2.17 bits per heavy atom. The normalized spacial score (nSPS) is 23.2. The van der Waals surface area contributed by atoms with E-state index in [9.17, 15) is 4.79 Å². The number of hydrogen-bond acceptors (Lipinski definition) is 3. The number of nitrogens with zero attached hydrogens (tertiary/aromatic N) is 1. The Balaban J connectivity index is 2.34. The maximum Gasteiger partial charge on any atom is 0.320 e. The van der Waals surface area contributed by atoms with Crippen LogP contribution in [0.2, 0.25) is 0 Å². The van der Waals surface area contributed by atoms with E-state index in [1.54, 1.807) is 0 Å². The number of likely N-dealkylation sites (tertiary alicyclic amines) is 1. The molecule has 0 aromatic rings. The van der Waals surface area contributed by atoms with E-state index in [-0.39, 0.29) is 0 Å². The van der Waals surface area contributed by atoms with Crippen LogP contribution in [0.5, 0.6) is 0 Å². The number of aliphatic carboxylic acids is 1. The van der Waals surface area contributed by atoms with Crippen LogP contribution < -0.4 is 5.32 Å². The van der Waals surface area contributed by atoms with Crippen LogP contribution in [0.3, 0.4) is 0 Å². The van der Waals surface area contributed by atoms with Crippen molar-refractivity contribution >= 4 is 5.97 Å². The molecular weight excluding hydrogens is 228 g/mol. The third-order valence-corrected chi connectivity index (χ3v) is 3.98. The fourth-order valence-electron chi connectivity index (χ4n) is 2.61. The minimum absolute atomic E-state index is 0.364. The smallest absolute Gasteiger partial charge is 0.320 e. The molecule has 1 heterocycles. The molecule has 1 fully saturated rings. The number of carboxylic acid groups (broad SMARTS) is 1. The third-order valence-electron chi connectivity index (χ3n) is 3.98. The lowest BCUT2D eigenvalue weighted by atomic mass is 9.80. The van der Waals surface area contributed by atoms with Gasteiger partial charge in [-0.1, -0.05) is 27.7 Å². The second-order valence-corrected chi connectivity index (χ2v) is 6.39. The zero-order valence-electron chi connectivity index (χ0n) is 12.2. The van der Waals surface area contributed by atoms with Crippen LogP contribution in [0.1, 0.15) is 40.5 Å². The predicted molar refractivity (Wildman–Crippen MR) is 73.7 cm³/mol. The maximum absolute atomic E-state index is 11.0. The zero-order valence-corrected chi connectivity index (χ0v) is 12.2. The molecule has 0 aromatic carbocycles. The van der Waals surface area contributed by atoms with Crippen molar-refractivity contribution in [1.82, 2.24) is 10.2 Å². The van der Waals surface area contributed by atoms with E-state index in [0.29, 0.717) is 18.4 Å². The van der Waals surface area contributed by atoms with Gasteiger partial charge in [0, 0.05) is 13.1 Å². The van der Waals surface area contributed by atoms with Crippen molar-refractivity contribution in [3.63, 3.8) is 0 Å². The summed E-state index contributed by atoms with van der Waals surface area (Å²) in [5.74, 6) is 0.00308. The van der Waals surface area contributed by atoms with Gasteiger partial charge < -0.3 is 15.3 Å². The van der Waals surface area contributed by atoms with Crippen molar-refractivity contribution in [3.8, 4) is 0 Å². The van der Waals surface area contributed by atoms with Crippen molar-refractivity contribution in [2.75, 3.05) is 26.2 Å². The molecule has 2 unspecified atom stereocenters. The summed E-state index contributed by atoms with van der Waals surface area (Å²) < 4.78 is 0. The number of hydrogen-bond donors (Lipinski definition) is 2. The molecule has 106 valence electrons. The molecule has 1 rings (SSSR count). The van der Waals surface area contributed by atoms with Crippen LogP contribution in [0.25, 0.3) is 0 Å². The molecule has 0 bridgehead atoms. The van der Waals surface area contributed by atoms with Gasteiger partial charge in [-0.05, 0) is 37.3 Å². The van der Waals surface area contributed by atoms with E-state index < -0.39 is 12.0 Å². The molecule has 0 amide bonds. The molecule has 4 nitrogen and oxygen atoms in total. The number of carbonyl (C=O) groups is 1. The van der Waals surface area contributed by atoms with Gasteiger partial charge >= 0.3 is 5.97 Å². The molecule has 1 aliphatic heterocycles. The van der Waals surface area contributed by atoms with Gasteiger partial charge in [0.05, 0.1) is 0 Å². The quantitative estimate of drug-likeness (QED) is 0.761. The number of carboxylic acids is 1. The first-order valence-electron chi connectivity index (χ1n) is 7.03. The largest absolute Gasteiger partial charge is 0.480 e. The average Bonchev–Trinajstić information content (AvgIpc) is 2.71. The summed E-state index contributed by atoms with van der Waals surface area (Å²) in [5.41, 5.74) is 0.364. The Labute approximate surface area is 111 Å². The average molecular weight is 256 g/mol. The highest BCUT2D eigenvalue weighted by molar-refractivity contribution is 5.73. The van der Waals surface area contributed by atoms with Crippen LogP contribution in [-0.2, 0) is 4.79 Å². The summed E-state index contributed by atoms with van der Waals surface area (Å²) in [5, 5.41) is 12.1. The summed E-state index contributed by atoms with van der Waals surface area (Å²) in [6.07, 6.45) is 1.93. The Kier molecular flexibility index (Phi) is 5.60. The van der Waals surface area contributed by atoms with Crippen LogP contribution in [-0.4, -0.2) is 48.2 Å². The molecule has 4 heteroatoms. The van der Waals surface area contributed by atoms with Crippen LogP contribution in [0.4, 0.5) is 0 Å².